The molecular formula is C15H14F3N5OS. The predicted octanol–water partition coefficient (Wildman–Crippen LogP) is 2.61. The van der Waals surface area contributed by atoms with E-state index in [1.165, 1.54) is 10.9 Å². The van der Waals surface area contributed by atoms with Gasteiger partial charge in [-0.25, -0.2) is 9.97 Å². The number of thioether (sulfide) groups is 1. The molecule has 10 heteroatoms. The molecule has 0 aliphatic carbocycles. The van der Waals surface area contributed by atoms with Crippen molar-refractivity contribution in [1.29, 1.82) is 0 Å². The SMILES string of the molecule is NCc1ccc(-n2c(SCCC(F)(F)F)nc3nc[nH]c3c2=O)cc1. The van der Waals surface area contributed by atoms with E-state index in [4.69, 9.17) is 5.73 Å². The summed E-state index contributed by atoms with van der Waals surface area (Å²) in [5.74, 6) is -0.243. The second kappa shape index (κ2) is 6.89. The van der Waals surface area contributed by atoms with Crippen LogP contribution in [0.5, 0.6) is 0 Å². The number of rotatable bonds is 5. The number of nitrogens with two attached hydrogens (primary N) is 1. The van der Waals surface area contributed by atoms with E-state index in [1.807, 2.05) is 0 Å². The van der Waals surface area contributed by atoms with Gasteiger partial charge in [-0.1, -0.05) is 23.9 Å². The van der Waals surface area contributed by atoms with Crippen LogP contribution in [0.4, 0.5) is 13.2 Å². The summed E-state index contributed by atoms with van der Waals surface area (Å²) in [6.45, 7) is 0.347. The zero-order valence-electron chi connectivity index (χ0n) is 12.9. The average Bonchev–Trinajstić information content (AvgIpc) is 3.03. The van der Waals surface area contributed by atoms with E-state index in [2.05, 4.69) is 15.0 Å². The van der Waals surface area contributed by atoms with Crippen LogP contribution in [0.1, 0.15) is 12.0 Å². The molecule has 3 N–H and O–H groups in total. The van der Waals surface area contributed by atoms with E-state index in [9.17, 15) is 18.0 Å². The highest BCUT2D eigenvalue weighted by Crippen LogP contribution is 2.26. The fraction of sp³-hybridized carbons (Fsp3) is 0.267. The number of nitrogens with zero attached hydrogens (tertiary/aromatic N) is 3. The summed E-state index contributed by atoms with van der Waals surface area (Å²) in [5, 5.41) is 0.161. The molecule has 0 amide bonds. The molecule has 132 valence electrons. The van der Waals surface area contributed by atoms with Crippen molar-refractivity contribution in [2.24, 2.45) is 5.73 Å². The van der Waals surface area contributed by atoms with Crippen molar-refractivity contribution < 1.29 is 13.2 Å². The lowest BCUT2D eigenvalue weighted by molar-refractivity contribution is -0.129. The van der Waals surface area contributed by atoms with Gasteiger partial charge in [0.1, 0.15) is 0 Å². The molecule has 3 rings (SSSR count). The first-order chi connectivity index (χ1) is 11.9. The highest BCUT2D eigenvalue weighted by atomic mass is 32.2. The smallest absolute Gasteiger partial charge is 0.339 e. The first-order valence-corrected chi connectivity index (χ1v) is 8.32. The number of aromatic nitrogens is 4. The van der Waals surface area contributed by atoms with E-state index in [1.54, 1.807) is 24.3 Å². The minimum atomic E-state index is -4.27. The number of aromatic amines is 1. The molecule has 2 heterocycles. The van der Waals surface area contributed by atoms with Gasteiger partial charge in [0.05, 0.1) is 18.4 Å². The number of halogens is 3. The van der Waals surface area contributed by atoms with E-state index in [-0.39, 0.29) is 22.1 Å². The van der Waals surface area contributed by atoms with Crippen LogP contribution < -0.4 is 11.3 Å². The number of H-pyrrole nitrogens is 1. The average molecular weight is 369 g/mol. The summed E-state index contributed by atoms with van der Waals surface area (Å²) in [5.41, 5.74) is 6.89. The Bertz CT molecular complexity index is 933. The van der Waals surface area contributed by atoms with Crippen molar-refractivity contribution in [2.45, 2.75) is 24.3 Å². The summed E-state index contributed by atoms with van der Waals surface area (Å²) in [6.07, 6.45) is -3.92. The van der Waals surface area contributed by atoms with Gasteiger partial charge < -0.3 is 10.7 Å². The maximum atomic E-state index is 12.7. The van der Waals surface area contributed by atoms with Crippen molar-refractivity contribution in [3.05, 3.63) is 46.5 Å². The Morgan fingerprint density at radius 1 is 1.24 bits per heavy atom. The Morgan fingerprint density at radius 3 is 2.60 bits per heavy atom. The third-order valence-electron chi connectivity index (χ3n) is 3.48. The van der Waals surface area contributed by atoms with Crippen molar-refractivity contribution in [1.82, 2.24) is 19.5 Å². The number of fused-ring (bicyclic) bond motifs is 1. The van der Waals surface area contributed by atoms with E-state index in [0.29, 0.717) is 12.2 Å². The number of alkyl halides is 3. The molecule has 0 aliphatic rings. The third kappa shape index (κ3) is 3.85. The second-order valence-corrected chi connectivity index (χ2v) is 6.28. The summed E-state index contributed by atoms with van der Waals surface area (Å²) in [4.78, 5) is 23.6. The van der Waals surface area contributed by atoms with Crippen molar-refractivity contribution in [3.8, 4) is 5.69 Å². The van der Waals surface area contributed by atoms with Crippen LogP contribution in [-0.4, -0.2) is 31.4 Å². The first kappa shape index (κ1) is 17.5. The van der Waals surface area contributed by atoms with E-state index >= 15 is 0 Å². The minimum Gasteiger partial charge on any atom is -0.339 e. The van der Waals surface area contributed by atoms with Crippen molar-refractivity contribution in [3.63, 3.8) is 0 Å². The van der Waals surface area contributed by atoms with Crippen LogP contribution in [0, 0.1) is 0 Å². The van der Waals surface area contributed by atoms with Crippen LogP contribution in [-0.2, 0) is 6.54 Å². The van der Waals surface area contributed by atoms with Gasteiger partial charge in [0.2, 0.25) is 0 Å². The molecule has 0 bridgehead atoms. The van der Waals surface area contributed by atoms with E-state index in [0.717, 1.165) is 17.3 Å². The molecule has 0 radical (unpaired) electrons. The topological polar surface area (TPSA) is 89.6 Å². The molecule has 0 saturated heterocycles. The van der Waals surface area contributed by atoms with Gasteiger partial charge in [-0.15, -0.1) is 0 Å². The lowest BCUT2D eigenvalue weighted by Crippen LogP contribution is -2.22. The molecule has 0 aliphatic heterocycles. The second-order valence-electron chi connectivity index (χ2n) is 5.22. The van der Waals surface area contributed by atoms with Crippen LogP contribution in [0.2, 0.25) is 0 Å². The lowest BCUT2D eigenvalue weighted by atomic mass is 10.2. The molecule has 0 unspecified atom stereocenters. The molecular weight excluding hydrogens is 355 g/mol. The monoisotopic (exact) mass is 369 g/mol. The van der Waals surface area contributed by atoms with Gasteiger partial charge in [-0.3, -0.25) is 9.36 Å². The summed E-state index contributed by atoms with van der Waals surface area (Å²) in [7, 11) is 0. The zero-order chi connectivity index (χ0) is 18.0. The van der Waals surface area contributed by atoms with Gasteiger partial charge in [-0.2, -0.15) is 13.2 Å². The maximum Gasteiger partial charge on any atom is 0.389 e. The molecule has 6 nitrogen and oxygen atoms in total. The predicted molar refractivity (Wildman–Crippen MR) is 88.8 cm³/mol. The summed E-state index contributed by atoms with van der Waals surface area (Å²) < 4.78 is 38.5. The largest absolute Gasteiger partial charge is 0.389 e. The fourth-order valence-corrected chi connectivity index (χ4v) is 3.22. The number of hydrogen-bond donors (Lipinski definition) is 2. The maximum absolute atomic E-state index is 12.7. The van der Waals surface area contributed by atoms with Crippen LogP contribution >= 0.6 is 11.8 Å². The van der Waals surface area contributed by atoms with Crippen LogP contribution in [0.3, 0.4) is 0 Å². The van der Waals surface area contributed by atoms with Crippen LogP contribution in [0.15, 0.2) is 40.5 Å². The summed E-state index contributed by atoms with van der Waals surface area (Å²) in [6, 6.07) is 6.87. The third-order valence-corrected chi connectivity index (χ3v) is 4.42. The normalized spacial score (nSPS) is 12.0. The number of imidazole rings is 1. The first-order valence-electron chi connectivity index (χ1n) is 7.34. The Morgan fingerprint density at radius 2 is 1.96 bits per heavy atom. The van der Waals surface area contributed by atoms with Crippen molar-refractivity contribution in [2.75, 3.05) is 5.75 Å². The number of nitrogens with one attached hydrogen (secondary N) is 1. The number of benzene rings is 1. The summed E-state index contributed by atoms with van der Waals surface area (Å²) >= 11 is 0.864. The molecule has 0 spiro atoms. The Balaban J connectivity index is 2.05. The van der Waals surface area contributed by atoms with Gasteiger partial charge in [0.15, 0.2) is 16.3 Å². The standard InChI is InChI=1S/C15H14F3N5OS/c16-15(17,18)5-6-25-14-22-12-11(20-8-21-12)13(24)23(14)10-3-1-9(7-19)2-4-10/h1-4,8H,5-7,19H2,(H,20,21). The highest BCUT2D eigenvalue weighted by molar-refractivity contribution is 7.99. The Kier molecular flexibility index (Phi) is 4.82. The molecule has 2 aromatic heterocycles. The van der Waals surface area contributed by atoms with Gasteiger partial charge in [0.25, 0.3) is 5.56 Å². The minimum absolute atomic E-state index is 0.161. The van der Waals surface area contributed by atoms with Crippen LogP contribution in [0.25, 0.3) is 16.9 Å². The fourth-order valence-electron chi connectivity index (χ4n) is 2.23. The van der Waals surface area contributed by atoms with Crippen molar-refractivity contribution >= 4 is 22.9 Å². The van der Waals surface area contributed by atoms with Gasteiger partial charge in [-0.05, 0) is 17.7 Å². The van der Waals surface area contributed by atoms with Gasteiger partial charge >= 0.3 is 6.18 Å². The molecule has 3 aromatic rings. The molecule has 0 atom stereocenters. The zero-order valence-corrected chi connectivity index (χ0v) is 13.7. The molecule has 0 fully saturated rings. The lowest BCUT2D eigenvalue weighted by Gasteiger charge is -2.12. The molecule has 1 aromatic carbocycles. The Labute approximate surface area is 144 Å². The quantitative estimate of drug-likeness (QED) is 0.533. The highest BCUT2D eigenvalue weighted by Gasteiger charge is 2.27. The van der Waals surface area contributed by atoms with Gasteiger partial charge in [0, 0.05) is 12.3 Å². The Hall–Kier alpha value is -2.33. The molecule has 25 heavy (non-hydrogen) atoms. The molecule has 0 saturated carbocycles. The number of hydrogen-bond acceptors (Lipinski definition) is 5. The van der Waals surface area contributed by atoms with E-state index < -0.39 is 18.2 Å².